The molecular formula is C4H15F2N. The molecule has 0 aromatic carbocycles. The van der Waals surface area contributed by atoms with Crippen LogP contribution < -0.4 is 5.96 Å². The van der Waals surface area contributed by atoms with Crippen molar-refractivity contribution < 1.29 is 9.19 Å². The molecular weight excluding hydrogens is 100 g/mol. The summed E-state index contributed by atoms with van der Waals surface area (Å²) in [5.74, 6) is 3.00. The number of nitrogens with two attached hydrogens (primary N) is 1. The maximum absolute atomic E-state index is 9.00. The second-order valence-electron chi connectivity index (χ2n) is 0. The van der Waals surface area contributed by atoms with Gasteiger partial charge in [0.05, 0.1) is 0 Å². The van der Waals surface area contributed by atoms with Gasteiger partial charge in [-0.1, -0.05) is 27.7 Å². The molecule has 0 saturated heterocycles. The van der Waals surface area contributed by atoms with Gasteiger partial charge in [0.25, 0.3) is 0 Å². The van der Waals surface area contributed by atoms with Gasteiger partial charge in [-0.05, 0) is 0 Å². The van der Waals surface area contributed by atoms with E-state index in [9.17, 15) is 0 Å². The molecule has 1 nitrogen and oxygen atoms in total. The first kappa shape index (κ1) is 29.0. The monoisotopic (exact) mass is 115 g/mol. The summed E-state index contributed by atoms with van der Waals surface area (Å²) in [7, 11) is 0. The normalized spacial score (nSPS) is 2.57. The van der Waals surface area contributed by atoms with Gasteiger partial charge in [0.2, 0.25) is 0 Å². The average molecular weight is 115 g/mol. The highest BCUT2D eigenvalue weighted by Crippen LogP contribution is 1.15. The summed E-state index contributed by atoms with van der Waals surface area (Å²) in [6, 6.07) is 0. The smallest absolute Gasteiger partial charge is 0.0683 e. The van der Waals surface area contributed by atoms with Gasteiger partial charge >= 0.3 is 0 Å². The predicted octanol–water partition coefficient (Wildman–Crippen LogP) is 2.03. The fraction of sp³-hybridized carbons (Fsp3) is 1.00. The second kappa shape index (κ2) is 4170. The molecule has 0 saturated carbocycles. The van der Waals surface area contributed by atoms with Crippen molar-refractivity contribution in [2.45, 2.75) is 27.7 Å². The van der Waals surface area contributed by atoms with Crippen molar-refractivity contribution in [3.63, 3.8) is 0 Å². The van der Waals surface area contributed by atoms with Crippen LogP contribution in [-0.2, 0) is 0 Å². The molecule has 0 fully saturated rings. The van der Waals surface area contributed by atoms with Crippen molar-refractivity contribution in [2.75, 3.05) is 0 Å². The lowest BCUT2D eigenvalue weighted by atomic mass is 11.0. The summed E-state index contributed by atoms with van der Waals surface area (Å²) in [4.78, 5) is 0. The molecule has 0 rings (SSSR count). The van der Waals surface area contributed by atoms with Crippen LogP contribution in [0, 0.1) is 0 Å². The molecule has 0 aromatic rings. The van der Waals surface area contributed by atoms with E-state index in [-0.39, 0.29) is 4.70 Å². The first-order valence-electron chi connectivity index (χ1n) is 2.22. The number of hydrogen-bond donors (Lipinski definition) is 1. The molecule has 0 amide bonds. The molecule has 0 unspecified atom stereocenters. The Kier molecular flexibility index (Phi) is 17300. The van der Waals surface area contributed by atoms with Crippen LogP contribution in [0.1, 0.15) is 27.7 Å². The van der Waals surface area contributed by atoms with Crippen molar-refractivity contribution in [1.82, 2.24) is 0 Å². The van der Waals surface area contributed by atoms with Crippen molar-refractivity contribution >= 4 is 0 Å². The summed E-state index contributed by atoms with van der Waals surface area (Å²) in [5, 5.41) is 0. The summed E-state index contributed by atoms with van der Waals surface area (Å²) in [5.41, 5.74) is 0. The van der Waals surface area contributed by atoms with Gasteiger partial charge in [0.1, 0.15) is 0 Å². The van der Waals surface area contributed by atoms with E-state index in [1.165, 1.54) is 0 Å². The standard InChI is InChI=1S/2C2H6.FH2N.FH/c3*1-2;/h2*1-2H3;2H2;1H. The Morgan fingerprint density at radius 3 is 0.857 bits per heavy atom. The second-order valence-corrected chi connectivity index (χ2v) is 0. The van der Waals surface area contributed by atoms with Crippen LogP contribution in [0.4, 0.5) is 9.19 Å². The van der Waals surface area contributed by atoms with Crippen molar-refractivity contribution in [2.24, 2.45) is 5.96 Å². The minimum Gasteiger partial charge on any atom is -0.269 e. The first-order valence-corrected chi connectivity index (χ1v) is 2.22. The quantitative estimate of drug-likeness (QED) is 0.480. The Bertz CT molecular complexity index is 9.65. The lowest BCUT2D eigenvalue weighted by Crippen LogP contribution is -1.53. The van der Waals surface area contributed by atoms with Gasteiger partial charge in [-0.3, -0.25) is 4.70 Å². The Labute approximate surface area is 44.0 Å². The summed E-state index contributed by atoms with van der Waals surface area (Å²) >= 11 is 0. The third kappa shape index (κ3) is 2620. The van der Waals surface area contributed by atoms with Crippen LogP contribution in [-0.4, -0.2) is 0 Å². The maximum Gasteiger partial charge on any atom is -0.0683 e. The van der Waals surface area contributed by atoms with Crippen LogP contribution in [0.15, 0.2) is 0 Å². The highest BCUT2D eigenvalue weighted by molar-refractivity contribution is 3.51. The molecule has 2 N–H and O–H groups in total. The predicted molar refractivity (Wildman–Crippen MR) is 30.5 cm³/mol. The summed E-state index contributed by atoms with van der Waals surface area (Å²) in [6.07, 6.45) is 0. The number of rotatable bonds is 0. The lowest BCUT2D eigenvalue weighted by molar-refractivity contribution is 0.530. The van der Waals surface area contributed by atoms with Crippen molar-refractivity contribution in [1.29, 1.82) is 0 Å². The molecule has 0 heterocycles. The van der Waals surface area contributed by atoms with Gasteiger partial charge in [0, 0.05) is 0 Å². The van der Waals surface area contributed by atoms with E-state index in [0.29, 0.717) is 0 Å². The maximum atomic E-state index is 9.00. The zero-order chi connectivity index (χ0) is 6.00. The van der Waals surface area contributed by atoms with Gasteiger partial charge in [-0.15, -0.1) is 4.48 Å². The van der Waals surface area contributed by atoms with E-state index >= 15 is 0 Å². The van der Waals surface area contributed by atoms with Gasteiger partial charge in [-0.2, -0.15) is 5.96 Å². The van der Waals surface area contributed by atoms with Crippen molar-refractivity contribution in [3.8, 4) is 0 Å². The van der Waals surface area contributed by atoms with Gasteiger partial charge in [-0.25, -0.2) is 0 Å². The Hall–Kier alpha value is -0.180. The Morgan fingerprint density at radius 2 is 0.857 bits per heavy atom. The average Bonchev–Trinajstić information content (AvgIpc) is 1.81. The van der Waals surface area contributed by atoms with E-state index in [4.69, 9.17) is 4.48 Å². The number of hydrogen-bond acceptors (Lipinski definition) is 1. The zero-order valence-electron chi connectivity index (χ0n) is 5.36. The molecule has 50 valence electrons. The molecule has 0 aliphatic carbocycles. The zero-order valence-corrected chi connectivity index (χ0v) is 5.36. The van der Waals surface area contributed by atoms with Gasteiger partial charge < -0.3 is 0 Å². The Morgan fingerprint density at radius 1 is 0.857 bits per heavy atom. The molecule has 0 atom stereocenters. The molecule has 3 heteroatoms. The molecule has 0 aliphatic rings. The molecule has 0 spiro atoms. The van der Waals surface area contributed by atoms with E-state index in [0.717, 1.165) is 0 Å². The van der Waals surface area contributed by atoms with Gasteiger partial charge in [0.15, 0.2) is 0 Å². The fourth-order valence-electron chi connectivity index (χ4n) is 0. The molecule has 0 aromatic heterocycles. The van der Waals surface area contributed by atoms with Crippen molar-refractivity contribution in [3.05, 3.63) is 0 Å². The van der Waals surface area contributed by atoms with Crippen LogP contribution in [0.5, 0.6) is 0 Å². The minimum atomic E-state index is 0. The topological polar surface area (TPSA) is 26.0 Å². The van der Waals surface area contributed by atoms with E-state index in [1.54, 1.807) is 0 Å². The number of halogens is 2. The summed E-state index contributed by atoms with van der Waals surface area (Å²) < 4.78 is 9.00. The fourth-order valence-corrected chi connectivity index (χ4v) is 0. The van der Waals surface area contributed by atoms with Crippen LogP contribution >= 0.6 is 0 Å². The van der Waals surface area contributed by atoms with Crippen LogP contribution in [0.25, 0.3) is 0 Å². The molecule has 7 heavy (non-hydrogen) atoms. The highest BCUT2D eigenvalue weighted by atomic mass is 19.2. The first-order chi connectivity index (χ1) is 3.00. The molecule has 0 aliphatic heterocycles. The largest absolute Gasteiger partial charge is 0.269 e. The molecule has 0 bridgehead atoms. The highest BCUT2D eigenvalue weighted by Gasteiger charge is 0.934. The van der Waals surface area contributed by atoms with Crippen LogP contribution in [0.3, 0.4) is 0 Å². The van der Waals surface area contributed by atoms with E-state index in [2.05, 4.69) is 5.96 Å². The lowest BCUT2D eigenvalue weighted by Gasteiger charge is -1.16. The van der Waals surface area contributed by atoms with E-state index < -0.39 is 0 Å². The summed E-state index contributed by atoms with van der Waals surface area (Å²) in [6.45, 7) is 8.00. The molecule has 0 radical (unpaired) electrons. The van der Waals surface area contributed by atoms with Crippen LogP contribution in [0.2, 0.25) is 0 Å². The minimum absolute atomic E-state index is 0. The SMILES string of the molecule is CC.CC.F.NF. The third-order valence-electron chi connectivity index (χ3n) is 0. The van der Waals surface area contributed by atoms with E-state index in [1.807, 2.05) is 27.7 Å². The third-order valence-corrected chi connectivity index (χ3v) is 0. The Balaban J connectivity index is -0.00000000900.